The number of nitrogens with two attached hydrogens (primary N) is 1. The molecular weight excluding hydrogens is 312 g/mol. The van der Waals surface area contributed by atoms with E-state index in [2.05, 4.69) is 16.0 Å². The summed E-state index contributed by atoms with van der Waals surface area (Å²) in [7, 11) is 0. The third kappa shape index (κ3) is 10.7. The molecular formula is C16H32N4O4. The SMILES string of the molecule is CC(CCCNC(N)=O)NC(=O)C(NC(=O)OC(C)(C)C)C(C)C. The van der Waals surface area contributed by atoms with Crippen molar-refractivity contribution >= 4 is 18.0 Å². The highest BCUT2D eigenvalue weighted by Gasteiger charge is 2.27. The highest BCUT2D eigenvalue weighted by Crippen LogP contribution is 2.09. The summed E-state index contributed by atoms with van der Waals surface area (Å²) in [6.07, 6.45) is 0.758. The number of carbonyl (C=O) groups excluding carboxylic acids is 3. The molecule has 24 heavy (non-hydrogen) atoms. The van der Waals surface area contributed by atoms with Crippen molar-refractivity contribution in [3.8, 4) is 0 Å². The van der Waals surface area contributed by atoms with Crippen molar-refractivity contribution in [3.63, 3.8) is 0 Å². The highest BCUT2D eigenvalue weighted by molar-refractivity contribution is 5.86. The predicted molar refractivity (Wildman–Crippen MR) is 92.4 cm³/mol. The minimum absolute atomic E-state index is 0.0822. The first-order valence-electron chi connectivity index (χ1n) is 8.25. The summed E-state index contributed by atoms with van der Waals surface area (Å²) < 4.78 is 5.19. The molecule has 0 saturated carbocycles. The average Bonchev–Trinajstić information content (AvgIpc) is 2.38. The molecule has 0 bridgehead atoms. The topological polar surface area (TPSA) is 123 Å². The van der Waals surface area contributed by atoms with Crippen molar-refractivity contribution in [1.82, 2.24) is 16.0 Å². The largest absolute Gasteiger partial charge is 0.444 e. The zero-order chi connectivity index (χ0) is 18.9. The molecule has 0 aromatic rings. The van der Waals surface area contributed by atoms with Gasteiger partial charge in [0.2, 0.25) is 5.91 Å². The van der Waals surface area contributed by atoms with Crippen LogP contribution in [0.2, 0.25) is 0 Å². The van der Waals surface area contributed by atoms with Crippen LogP contribution >= 0.6 is 0 Å². The van der Waals surface area contributed by atoms with Crippen LogP contribution in [0.15, 0.2) is 0 Å². The summed E-state index contributed by atoms with van der Waals surface area (Å²) in [5.41, 5.74) is 4.36. The lowest BCUT2D eigenvalue weighted by Gasteiger charge is -2.26. The van der Waals surface area contributed by atoms with Crippen LogP contribution in [0.1, 0.15) is 54.4 Å². The number of rotatable bonds is 8. The minimum Gasteiger partial charge on any atom is -0.444 e. The molecule has 0 spiro atoms. The third-order valence-corrected chi connectivity index (χ3v) is 3.12. The van der Waals surface area contributed by atoms with Crippen molar-refractivity contribution in [2.45, 2.75) is 72.1 Å². The fourth-order valence-corrected chi connectivity index (χ4v) is 1.99. The first-order chi connectivity index (χ1) is 10.9. The van der Waals surface area contributed by atoms with Crippen LogP contribution in [-0.2, 0) is 9.53 Å². The molecule has 0 aliphatic carbocycles. The van der Waals surface area contributed by atoms with E-state index in [1.54, 1.807) is 20.8 Å². The van der Waals surface area contributed by atoms with Crippen molar-refractivity contribution in [2.75, 3.05) is 6.54 Å². The van der Waals surface area contributed by atoms with Gasteiger partial charge in [-0.15, -0.1) is 0 Å². The smallest absolute Gasteiger partial charge is 0.408 e. The van der Waals surface area contributed by atoms with Gasteiger partial charge in [-0.1, -0.05) is 13.8 Å². The molecule has 0 radical (unpaired) electrons. The summed E-state index contributed by atoms with van der Waals surface area (Å²) in [5, 5.41) is 7.97. The van der Waals surface area contributed by atoms with E-state index in [-0.39, 0.29) is 17.9 Å². The molecule has 0 aliphatic heterocycles. The first-order valence-corrected chi connectivity index (χ1v) is 8.25. The Hall–Kier alpha value is -1.99. The number of hydrogen-bond acceptors (Lipinski definition) is 4. The summed E-state index contributed by atoms with van der Waals surface area (Å²) in [4.78, 5) is 34.8. The lowest BCUT2D eigenvalue weighted by Crippen LogP contribution is -2.52. The second kappa shape index (κ2) is 10.00. The zero-order valence-electron chi connectivity index (χ0n) is 15.6. The normalized spacial score (nSPS) is 13.8. The molecule has 2 unspecified atom stereocenters. The number of primary amides is 1. The fraction of sp³-hybridized carbons (Fsp3) is 0.812. The van der Waals surface area contributed by atoms with E-state index in [1.165, 1.54) is 0 Å². The molecule has 4 amide bonds. The standard InChI is InChI=1S/C16H32N4O4/c1-10(2)12(20-15(23)24-16(4,5)6)13(21)19-11(3)8-7-9-18-14(17)22/h10-12H,7-9H2,1-6H3,(H,19,21)(H,20,23)(H3,17,18,22). The Morgan fingerprint density at radius 2 is 1.67 bits per heavy atom. The van der Waals surface area contributed by atoms with Gasteiger partial charge >= 0.3 is 12.1 Å². The molecule has 0 aromatic heterocycles. The lowest BCUT2D eigenvalue weighted by atomic mass is 10.0. The Morgan fingerprint density at radius 3 is 2.12 bits per heavy atom. The Balaban J connectivity index is 4.43. The van der Waals surface area contributed by atoms with Gasteiger partial charge in [0.05, 0.1) is 0 Å². The van der Waals surface area contributed by atoms with Crippen molar-refractivity contribution in [1.29, 1.82) is 0 Å². The van der Waals surface area contributed by atoms with Crippen LogP contribution in [0, 0.1) is 5.92 Å². The van der Waals surface area contributed by atoms with Gasteiger partial charge in [0.1, 0.15) is 11.6 Å². The number of urea groups is 1. The summed E-state index contributed by atoms with van der Waals surface area (Å²) in [6.45, 7) is 11.3. The average molecular weight is 344 g/mol. The minimum atomic E-state index is -0.675. The van der Waals surface area contributed by atoms with Crippen LogP contribution in [0.25, 0.3) is 0 Å². The van der Waals surface area contributed by atoms with Crippen molar-refractivity contribution in [2.24, 2.45) is 11.7 Å². The van der Waals surface area contributed by atoms with E-state index in [4.69, 9.17) is 10.5 Å². The maximum Gasteiger partial charge on any atom is 0.408 e. The monoisotopic (exact) mass is 344 g/mol. The Bertz CT molecular complexity index is 432. The van der Waals surface area contributed by atoms with Gasteiger partial charge < -0.3 is 26.4 Å². The quantitative estimate of drug-likeness (QED) is 0.498. The molecule has 5 N–H and O–H groups in total. The first kappa shape index (κ1) is 22.0. The Morgan fingerprint density at radius 1 is 1.08 bits per heavy atom. The van der Waals surface area contributed by atoms with E-state index in [0.29, 0.717) is 19.4 Å². The predicted octanol–water partition coefficient (Wildman–Crippen LogP) is 1.49. The van der Waals surface area contributed by atoms with Crippen LogP contribution in [0.3, 0.4) is 0 Å². The van der Waals surface area contributed by atoms with Gasteiger partial charge in [-0.05, 0) is 46.5 Å². The van der Waals surface area contributed by atoms with Crippen molar-refractivity contribution in [3.05, 3.63) is 0 Å². The van der Waals surface area contributed by atoms with E-state index in [1.807, 2.05) is 20.8 Å². The zero-order valence-corrected chi connectivity index (χ0v) is 15.6. The lowest BCUT2D eigenvalue weighted by molar-refractivity contribution is -0.124. The second-order valence-corrected chi connectivity index (χ2v) is 7.21. The molecule has 0 fully saturated rings. The van der Waals surface area contributed by atoms with E-state index < -0.39 is 23.8 Å². The Labute approximate surface area is 144 Å². The van der Waals surface area contributed by atoms with Crippen LogP contribution in [-0.4, -0.2) is 42.3 Å². The van der Waals surface area contributed by atoms with Gasteiger partial charge in [0, 0.05) is 12.6 Å². The fourth-order valence-electron chi connectivity index (χ4n) is 1.99. The Kier molecular flexibility index (Phi) is 9.17. The molecule has 0 aliphatic rings. The number of nitrogens with one attached hydrogen (secondary N) is 3. The maximum atomic E-state index is 12.4. The molecule has 8 nitrogen and oxygen atoms in total. The van der Waals surface area contributed by atoms with E-state index in [9.17, 15) is 14.4 Å². The molecule has 0 saturated heterocycles. The number of hydrogen-bond donors (Lipinski definition) is 4. The number of alkyl carbamates (subject to hydrolysis) is 1. The number of ether oxygens (including phenoxy) is 1. The number of amides is 4. The molecule has 0 rings (SSSR count). The van der Waals surface area contributed by atoms with E-state index in [0.717, 1.165) is 0 Å². The van der Waals surface area contributed by atoms with Crippen LogP contribution < -0.4 is 21.7 Å². The van der Waals surface area contributed by atoms with Gasteiger partial charge in [0.15, 0.2) is 0 Å². The summed E-state index contributed by atoms with van der Waals surface area (Å²) in [6, 6.07) is -1.33. The van der Waals surface area contributed by atoms with Crippen LogP contribution in [0.5, 0.6) is 0 Å². The molecule has 8 heteroatoms. The summed E-state index contributed by atoms with van der Waals surface area (Å²) in [5.74, 6) is -0.340. The van der Waals surface area contributed by atoms with Crippen molar-refractivity contribution < 1.29 is 19.1 Å². The second-order valence-electron chi connectivity index (χ2n) is 7.21. The third-order valence-electron chi connectivity index (χ3n) is 3.12. The molecule has 0 aromatic carbocycles. The highest BCUT2D eigenvalue weighted by atomic mass is 16.6. The van der Waals surface area contributed by atoms with Gasteiger partial charge in [-0.25, -0.2) is 9.59 Å². The molecule has 0 heterocycles. The number of carbonyl (C=O) groups is 3. The van der Waals surface area contributed by atoms with E-state index >= 15 is 0 Å². The van der Waals surface area contributed by atoms with Gasteiger partial charge in [-0.3, -0.25) is 4.79 Å². The van der Waals surface area contributed by atoms with Gasteiger partial charge in [0.25, 0.3) is 0 Å². The van der Waals surface area contributed by atoms with Gasteiger partial charge in [-0.2, -0.15) is 0 Å². The molecule has 140 valence electrons. The molecule has 2 atom stereocenters. The maximum absolute atomic E-state index is 12.4. The summed E-state index contributed by atoms with van der Waals surface area (Å²) >= 11 is 0. The van der Waals surface area contributed by atoms with Crippen LogP contribution in [0.4, 0.5) is 9.59 Å².